The first-order valence-corrected chi connectivity index (χ1v) is 6.17. The molecule has 0 aromatic heterocycles. The fourth-order valence-corrected chi connectivity index (χ4v) is 2.09. The van der Waals surface area contributed by atoms with E-state index in [-0.39, 0.29) is 12.0 Å². The quantitative estimate of drug-likeness (QED) is 0.689. The Balaban J connectivity index is 2.15. The van der Waals surface area contributed by atoms with Crippen LogP contribution in [0.25, 0.3) is 0 Å². The molecule has 4 heteroatoms. The average Bonchev–Trinajstić information content (AvgIpc) is 2.79. The van der Waals surface area contributed by atoms with Gasteiger partial charge in [-0.05, 0) is 39.8 Å². The first kappa shape index (κ1) is 13.5. The molecule has 0 aliphatic carbocycles. The van der Waals surface area contributed by atoms with Gasteiger partial charge in [0.2, 0.25) is 0 Å². The van der Waals surface area contributed by atoms with Crippen molar-refractivity contribution >= 4 is 5.97 Å². The summed E-state index contributed by atoms with van der Waals surface area (Å²) in [5.74, 6) is -0.145. The molecule has 0 aromatic carbocycles. The maximum Gasteiger partial charge on any atom is 0.307 e. The monoisotopic (exact) mass is 228 g/mol. The Morgan fingerprint density at radius 2 is 2.00 bits per heavy atom. The van der Waals surface area contributed by atoms with Crippen LogP contribution in [0.5, 0.6) is 0 Å². The maximum atomic E-state index is 11.1. The Morgan fingerprint density at radius 1 is 1.38 bits per heavy atom. The summed E-state index contributed by atoms with van der Waals surface area (Å²) in [6.07, 6.45) is 3.09. The summed E-state index contributed by atoms with van der Waals surface area (Å²) < 4.78 is 4.64. The summed E-state index contributed by atoms with van der Waals surface area (Å²) in [6, 6.07) is 0.750. The fourth-order valence-electron chi connectivity index (χ4n) is 2.09. The molecule has 1 saturated heterocycles. The molecule has 0 aromatic rings. The van der Waals surface area contributed by atoms with E-state index in [1.165, 1.54) is 33.0 Å². The van der Waals surface area contributed by atoms with Crippen LogP contribution in [-0.2, 0) is 9.53 Å². The number of hydrogen-bond acceptors (Lipinski definition) is 4. The third-order valence-electron chi connectivity index (χ3n) is 3.23. The minimum absolute atomic E-state index is 0.145. The topological polar surface area (TPSA) is 41.6 Å². The molecule has 0 bridgehead atoms. The largest absolute Gasteiger partial charge is 0.469 e. The van der Waals surface area contributed by atoms with Gasteiger partial charge >= 0.3 is 5.97 Å². The van der Waals surface area contributed by atoms with E-state index in [1.807, 2.05) is 6.92 Å². The molecule has 1 aliphatic heterocycles. The maximum absolute atomic E-state index is 11.1. The molecule has 4 nitrogen and oxygen atoms in total. The summed E-state index contributed by atoms with van der Waals surface area (Å²) in [4.78, 5) is 13.5. The number of carbonyl (C=O) groups excluding carboxylic acids is 1. The van der Waals surface area contributed by atoms with E-state index in [4.69, 9.17) is 0 Å². The van der Waals surface area contributed by atoms with Crippen LogP contribution in [0.2, 0.25) is 0 Å². The predicted octanol–water partition coefficient (Wildman–Crippen LogP) is 1.01. The minimum Gasteiger partial charge on any atom is -0.469 e. The van der Waals surface area contributed by atoms with Crippen LogP contribution >= 0.6 is 0 Å². The summed E-state index contributed by atoms with van der Waals surface area (Å²) in [5, 5.41) is 3.38. The number of likely N-dealkylation sites (tertiary alicyclic amines) is 1. The van der Waals surface area contributed by atoms with Gasteiger partial charge in [0.05, 0.1) is 13.5 Å². The van der Waals surface area contributed by atoms with Crippen molar-refractivity contribution in [1.29, 1.82) is 0 Å². The number of rotatable bonds is 6. The van der Waals surface area contributed by atoms with Gasteiger partial charge in [-0.15, -0.1) is 0 Å². The number of esters is 1. The van der Waals surface area contributed by atoms with Crippen molar-refractivity contribution in [3.05, 3.63) is 0 Å². The van der Waals surface area contributed by atoms with E-state index in [1.54, 1.807) is 0 Å². The van der Waals surface area contributed by atoms with Crippen LogP contribution in [0.1, 0.15) is 33.1 Å². The van der Waals surface area contributed by atoms with Gasteiger partial charge < -0.3 is 10.1 Å². The van der Waals surface area contributed by atoms with E-state index in [0.717, 1.165) is 6.54 Å². The zero-order chi connectivity index (χ0) is 12.0. The third-order valence-corrected chi connectivity index (χ3v) is 3.23. The molecular formula is C12H24N2O2. The fraction of sp³-hybridized carbons (Fsp3) is 0.917. The van der Waals surface area contributed by atoms with Gasteiger partial charge in [0.1, 0.15) is 0 Å². The molecule has 94 valence electrons. The van der Waals surface area contributed by atoms with Crippen molar-refractivity contribution in [3.8, 4) is 0 Å². The van der Waals surface area contributed by atoms with Crippen LogP contribution in [-0.4, -0.2) is 49.7 Å². The highest BCUT2D eigenvalue weighted by atomic mass is 16.5. The number of hydrogen-bond donors (Lipinski definition) is 1. The van der Waals surface area contributed by atoms with Crippen LogP contribution in [0.3, 0.4) is 0 Å². The highest BCUT2D eigenvalue weighted by Crippen LogP contribution is 2.10. The lowest BCUT2D eigenvalue weighted by Crippen LogP contribution is -2.42. The predicted molar refractivity (Wildman–Crippen MR) is 64.4 cm³/mol. The Morgan fingerprint density at radius 3 is 2.56 bits per heavy atom. The van der Waals surface area contributed by atoms with Crippen LogP contribution in [0.4, 0.5) is 0 Å². The molecular weight excluding hydrogens is 204 g/mol. The minimum atomic E-state index is -0.145. The van der Waals surface area contributed by atoms with Crippen molar-refractivity contribution in [2.24, 2.45) is 0 Å². The van der Waals surface area contributed by atoms with Crippen LogP contribution < -0.4 is 5.32 Å². The van der Waals surface area contributed by atoms with Gasteiger partial charge in [0, 0.05) is 18.6 Å². The van der Waals surface area contributed by atoms with Crippen LogP contribution in [0, 0.1) is 0 Å². The Kier molecular flexibility index (Phi) is 5.77. The molecule has 2 atom stereocenters. The van der Waals surface area contributed by atoms with Gasteiger partial charge in [-0.1, -0.05) is 0 Å². The Hall–Kier alpha value is -0.610. The van der Waals surface area contributed by atoms with Crippen molar-refractivity contribution in [3.63, 3.8) is 0 Å². The molecule has 0 saturated carbocycles. The Bertz CT molecular complexity index is 215. The number of nitrogens with zero attached hydrogens (tertiary/aromatic N) is 1. The van der Waals surface area contributed by atoms with Crippen molar-refractivity contribution in [1.82, 2.24) is 10.2 Å². The molecule has 1 N–H and O–H groups in total. The number of nitrogens with one attached hydrogen (secondary N) is 1. The zero-order valence-corrected chi connectivity index (χ0v) is 10.7. The summed E-state index contributed by atoms with van der Waals surface area (Å²) in [5.41, 5.74) is 0. The first-order valence-electron chi connectivity index (χ1n) is 6.17. The molecule has 16 heavy (non-hydrogen) atoms. The number of carbonyl (C=O) groups is 1. The third kappa shape index (κ3) is 4.49. The molecule has 0 spiro atoms. The van der Waals surface area contributed by atoms with E-state index < -0.39 is 0 Å². The molecule has 1 aliphatic rings. The second-order valence-corrected chi connectivity index (χ2v) is 4.68. The van der Waals surface area contributed by atoms with E-state index >= 15 is 0 Å². The van der Waals surface area contributed by atoms with E-state index in [2.05, 4.69) is 21.9 Å². The zero-order valence-electron chi connectivity index (χ0n) is 10.7. The standard InChI is InChI=1S/C12H24N2O2/c1-10(8-12(15)16-3)13-9-11(2)14-6-4-5-7-14/h10-11,13H,4-9H2,1-3H3. The second-order valence-electron chi connectivity index (χ2n) is 4.68. The summed E-state index contributed by atoms with van der Waals surface area (Å²) in [7, 11) is 1.43. The molecule has 0 radical (unpaired) electrons. The highest BCUT2D eigenvalue weighted by Gasteiger charge is 2.18. The highest BCUT2D eigenvalue weighted by molar-refractivity contribution is 5.69. The molecule has 1 fully saturated rings. The first-order chi connectivity index (χ1) is 7.63. The van der Waals surface area contributed by atoms with Gasteiger partial charge in [0.25, 0.3) is 0 Å². The number of ether oxygens (including phenoxy) is 1. The van der Waals surface area contributed by atoms with Gasteiger partial charge in [-0.3, -0.25) is 9.69 Å². The summed E-state index contributed by atoms with van der Waals surface area (Å²) >= 11 is 0. The lowest BCUT2D eigenvalue weighted by atomic mass is 10.2. The molecule has 1 rings (SSSR count). The Labute approximate surface area is 98.3 Å². The smallest absolute Gasteiger partial charge is 0.307 e. The van der Waals surface area contributed by atoms with Crippen molar-refractivity contribution in [2.45, 2.75) is 45.2 Å². The molecule has 2 unspecified atom stereocenters. The SMILES string of the molecule is COC(=O)CC(C)NCC(C)N1CCCC1. The average molecular weight is 228 g/mol. The van der Waals surface area contributed by atoms with Crippen LogP contribution in [0.15, 0.2) is 0 Å². The van der Waals surface area contributed by atoms with Gasteiger partial charge in [-0.2, -0.15) is 0 Å². The lowest BCUT2D eigenvalue weighted by molar-refractivity contribution is -0.141. The van der Waals surface area contributed by atoms with E-state index in [0.29, 0.717) is 12.5 Å². The van der Waals surface area contributed by atoms with E-state index in [9.17, 15) is 4.79 Å². The molecule has 0 amide bonds. The normalized spacial score (nSPS) is 20.7. The van der Waals surface area contributed by atoms with Gasteiger partial charge in [0.15, 0.2) is 0 Å². The molecule has 1 heterocycles. The number of methoxy groups -OCH3 is 1. The second kappa shape index (κ2) is 6.86. The summed E-state index contributed by atoms with van der Waals surface area (Å²) in [6.45, 7) is 7.64. The lowest BCUT2D eigenvalue weighted by Gasteiger charge is -2.25. The van der Waals surface area contributed by atoms with Crippen molar-refractivity contribution in [2.75, 3.05) is 26.7 Å². The van der Waals surface area contributed by atoms with Gasteiger partial charge in [-0.25, -0.2) is 0 Å². The van der Waals surface area contributed by atoms with Crippen molar-refractivity contribution < 1.29 is 9.53 Å².